The van der Waals surface area contributed by atoms with Gasteiger partial charge in [-0.05, 0) is 17.7 Å². The molecule has 1 rings (SSSR count). The Hall–Kier alpha value is -1.90. The van der Waals surface area contributed by atoms with E-state index in [1.165, 1.54) is 7.11 Å². The number of carbonyl (C=O) groups is 1. The number of nitrogens with zero attached hydrogens (tertiary/aromatic N) is 1. The SMILES string of the molecule is COCNC(=O)c1ccc(COC)c(C#N)c1. The molecule has 0 fully saturated rings. The maximum atomic E-state index is 11.6. The second-order valence-corrected chi connectivity index (χ2v) is 3.36. The largest absolute Gasteiger partial charge is 0.380 e. The van der Waals surface area contributed by atoms with Crippen LogP contribution in [0.2, 0.25) is 0 Å². The Morgan fingerprint density at radius 1 is 1.41 bits per heavy atom. The molecule has 0 aromatic heterocycles. The van der Waals surface area contributed by atoms with Gasteiger partial charge in [0.1, 0.15) is 6.73 Å². The van der Waals surface area contributed by atoms with Crippen molar-refractivity contribution in [2.75, 3.05) is 21.0 Å². The lowest BCUT2D eigenvalue weighted by Gasteiger charge is -2.07. The molecule has 1 amide bonds. The van der Waals surface area contributed by atoms with Crippen LogP contribution in [-0.4, -0.2) is 26.9 Å². The lowest BCUT2D eigenvalue weighted by atomic mass is 10.0. The Bertz CT molecular complexity index is 438. The predicted molar refractivity (Wildman–Crippen MR) is 61.2 cm³/mol. The highest BCUT2D eigenvalue weighted by Crippen LogP contribution is 2.12. The minimum Gasteiger partial charge on any atom is -0.380 e. The number of carbonyl (C=O) groups excluding carboxylic acids is 1. The first-order valence-corrected chi connectivity index (χ1v) is 5.02. The number of methoxy groups -OCH3 is 2. The summed E-state index contributed by atoms with van der Waals surface area (Å²) in [5, 5.41) is 11.5. The molecule has 1 aromatic carbocycles. The van der Waals surface area contributed by atoms with Crippen LogP contribution in [-0.2, 0) is 16.1 Å². The predicted octanol–water partition coefficient (Wildman–Crippen LogP) is 1.04. The quantitative estimate of drug-likeness (QED) is 0.773. The summed E-state index contributed by atoms with van der Waals surface area (Å²) >= 11 is 0. The van der Waals surface area contributed by atoms with Gasteiger partial charge in [-0.2, -0.15) is 5.26 Å². The van der Waals surface area contributed by atoms with E-state index in [4.69, 9.17) is 14.7 Å². The lowest BCUT2D eigenvalue weighted by Crippen LogP contribution is -2.25. The van der Waals surface area contributed by atoms with Crippen molar-refractivity contribution in [1.82, 2.24) is 5.32 Å². The molecule has 0 bridgehead atoms. The fourth-order valence-corrected chi connectivity index (χ4v) is 1.34. The molecule has 0 heterocycles. The van der Waals surface area contributed by atoms with E-state index in [0.717, 1.165) is 5.56 Å². The molecule has 5 nitrogen and oxygen atoms in total. The number of rotatable bonds is 5. The van der Waals surface area contributed by atoms with E-state index in [9.17, 15) is 4.79 Å². The maximum absolute atomic E-state index is 11.6. The standard InChI is InChI=1S/C12H14N2O3/c1-16-7-10-4-3-9(5-11(10)6-13)12(15)14-8-17-2/h3-5H,7-8H2,1-2H3,(H,14,15). The van der Waals surface area contributed by atoms with Crippen LogP contribution in [0, 0.1) is 11.3 Å². The van der Waals surface area contributed by atoms with Gasteiger partial charge in [0.25, 0.3) is 5.91 Å². The van der Waals surface area contributed by atoms with Crippen LogP contribution in [0.4, 0.5) is 0 Å². The zero-order chi connectivity index (χ0) is 12.7. The first kappa shape index (κ1) is 13.2. The molecular formula is C12H14N2O3. The van der Waals surface area contributed by atoms with Gasteiger partial charge in [0, 0.05) is 19.8 Å². The topological polar surface area (TPSA) is 71.3 Å². The van der Waals surface area contributed by atoms with Crippen molar-refractivity contribution in [3.63, 3.8) is 0 Å². The molecule has 1 N–H and O–H groups in total. The highest BCUT2D eigenvalue weighted by molar-refractivity contribution is 5.94. The van der Waals surface area contributed by atoms with E-state index in [1.54, 1.807) is 25.3 Å². The van der Waals surface area contributed by atoms with Gasteiger partial charge in [-0.3, -0.25) is 4.79 Å². The number of nitriles is 1. The molecule has 0 aliphatic carbocycles. The normalized spacial score (nSPS) is 9.71. The lowest BCUT2D eigenvalue weighted by molar-refractivity contribution is 0.0872. The van der Waals surface area contributed by atoms with Crippen LogP contribution in [0.1, 0.15) is 21.5 Å². The maximum Gasteiger partial charge on any atom is 0.253 e. The van der Waals surface area contributed by atoms with Crippen LogP contribution >= 0.6 is 0 Å². The molecule has 0 unspecified atom stereocenters. The summed E-state index contributed by atoms with van der Waals surface area (Å²) in [6, 6.07) is 6.95. The van der Waals surface area contributed by atoms with Crippen molar-refractivity contribution >= 4 is 5.91 Å². The first-order chi connectivity index (χ1) is 8.22. The van der Waals surface area contributed by atoms with Crippen molar-refractivity contribution in [3.8, 4) is 6.07 Å². The summed E-state index contributed by atoms with van der Waals surface area (Å²) in [4.78, 5) is 11.6. The van der Waals surface area contributed by atoms with Gasteiger partial charge in [-0.1, -0.05) is 6.07 Å². The Morgan fingerprint density at radius 2 is 2.18 bits per heavy atom. The number of hydrogen-bond acceptors (Lipinski definition) is 4. The molecule has 0 radical (unpaired) electrons. The molecule has 0 saturated heterocycles. The van der Waals surface area contributed by atoms with E-state index in [0.29, 0.717) is 17.7 Å². The third-order valence-corrected chi connectivity index (χ3v) is 2.17. The molecule has 1 aromatic rings. The molecule has 5 heteroatoms. The Balaban J connectivity index is 2.90. The van der Waals surface area contributed by atoms with Crippen LogP contribution < -0.4 is 5.32 Å². The van der Waals surface area contributed by atoms with Crippen LogP contribution in [0.3, 0.4) is 0 Å². The van der Waals surface area contributed by atoms with Gasteiger partial charge in [0.15, 0.2) is 0 Å². The van der Waals surface area contributed by atoms with Crippen LogP contribution in [0.5, 0.6) is 0 Å². The van der Waals surface area contributed by atoms with Gasteiger partial charge in [0.05, 0.1) is 18.2 Å². The van der Waals surface area contributed by atoms with Crippen molar-refractivity contribution in [2.24, 2.45) is 0 Å². The number of amides is 1. The summed E-state index contributed by atoms with van der Waals surface area (Å²) in [5.41, 5.74) is 1.63. The van der Waals surface area contributed by atoms with E-state index in [2.05, 4.69) is 5.32 Å². The van der Waals surface area contributed by atoms with E-state index in [1.807, 2.05) is 6.07 Å². The third kappa shape index (κ3) is 3.55. The summed E-state index contributed by atoms with van der Waals surface area (Å²) in [5.74, 6) is -0.271. The van der Waals surface area contributed by atoms with E-state index < -0.39 is 0 Å². The molecular weight excluding hydrogens is 220 g/mol. The Morgan fingerprint density at radius 3 is 2.76 bits per heavy atom. The fraction of sp³-hybridized carbons (Fsp3) is 0.333. The van der Waals surface area contributed by atoms with E-state index in [-0.39, 0.29) is 12.6 Å². The fourth-order valence-electron chi connectivity index (χ4n) is 1.34. The average molecular weight is 234 g/mol. The van der Waals surface area contributed by atoms with Crippen molar-refractivity contribution < 1.29 is 14.3 Å². The smallest absolute Gasteiger partial charge is 0.253 e. The zero-order valence-electron chi connectivity index (χ0n) is 9.82. The summed E-state index contributed by atoms with van der Waals surface area (Å²) in [6.45, 7) is 0.489. The van der Waals surface area contributed by atoms with Gasteiger partial charge in [-0.25, -0.2) is 0 Å². The molecule has 17 heavy (non-hydrogen) atoms. The number of benzene rings is 1. The summed E-state index contributed by atoms with van der Waals surface area (Å²) in [6.07, 6.45) is 0. The third-order valence-electron chi connectivity index (χ3n) is 2.17. The van der Waals surface area contributed by atoms with Crippen molar-refractivity contribution in [3.05, 3.63) is 34.9 Å². The second-order valence-electron chi connectivity index (χ2n) is 3.36. The van der Waals surface area contributed by atoms with Crippen molar-refractivity contribution in [1.29, 1.82) is 5.26 Å². The van der Waals surface area contributed by atoms with Gasteiger partial charge < -0.3 is 14.8 Å². The van der Waals surface area contributed by atoms with Crippen molar-refractivity contribution in [2.45, 2.75) is 6.61 Å². The highest BCUT2D eigenvalue weighted by atomic mass is 16.5. The molecule has 0 aliphatic heterocycles. The monoisotopic (exact) mass is 234 g/mol. The van der Waals surface area contributed by atoms with Gasteiger partial charge in [-0.15, -0.1) is 0 Å². The molecule has 0 spiro atoms. The summed E-state index contributed by atoms with van der Waals surface area (Å²) in [7, 11) is 3.04. The molecule has 90 valence electrons. The summed E-state index contributed by atoms with van der Waals surface area (Å²) < 4.78 is 9.70. The van der Waals surface area contributed by atoms with Crippen LogP contribution in [0.15, 0.2) is 18.2 Å². The molecule has 0 aliphatic rings. The Labute approximate surface area is 100.0 Å². The average Bonchev–Trinajstić information content (AvgIpc) is 2.36. The highest BCUT2D eigenvalue weighted by Gasteiger charge is 2.08. The minimum atomic E-state index is -0.271. The molecule has 0 atom stereocenters. The van der Waals surface area contributed by atoms with Crippen LogP contribution in [0.25, 0.3) is 0 Å². The number of hydrogen-bond donors (Lipinski definition) is 1. The molecule has 0 saturated carbocycles. The second kappa shape index (κ2) is 6.63. The first-order valence-electron chi connectivity index (χ1n) is 5.02. The van der Waals surface area contributed by atoms with E-state index >= 15 is 0 Å². The zero-order valence-corrected chi connectivity index (χ0v) is 9.82. The van der Waals surface area contributed by atoms with Gasteiger partial charge in [0.2, 0.25) is 0 Å². The Kier molecular flexibility index (Phi) is 5.14. The number of nitrogens with one attached hydrogen (secondary N) is 1. The van der Waals surface area contributed by atoms with Gasteiger partial charge >= 0.3 is 0 Å². The number of ether oxygens (including phenoxy) is 2. The minimum absolute atomic E-state index is 0.139.